The van der Waals surface area contributed by atoms with Crippen molar-refractivity contribution in [2.45, 2.75) is 52.4 Å². The summed E-state index contributed by atoms with van der Waals surface area (Å²) in [7, 11) is -3.39. The van der Waals surface area contributed by atoms with Crippen LogP contribution in [0.5, 0.6) is 0 Å². The number of aliphatic carboxylic acids is 1. The predicted octanol–water partition coefficient (Wildman–Crippen LogP) is 5.44. The summed E-state index contributed by atoms with van der Waals surface area (Å²) in [6, 6.07) is 15.2. The van der Waals surface area contributed by atoms with Crippen molar-refractivity contribution in [3.05, 3.63) is 83.2 Å². The van der Waals surface area contributed by atoms with Crippen molar-refractivity contribution in [2.24, 2.45) is 5.41 Å². The van der Waals surface area contributed by atoms with Crippen molar-refractivity contribution in [2.75, 3.05) is 25.9 Å². The quantitative estimate of drug-likeness (QED) is 0.324. The first-order valence-corrected chi connectivity index (χ1v) is 16.6. The van der Waals surface area contributed by atoms with E-state index in [0.29, 0.717) is 68.3 Å². The van der Waals surface area contributed by atoms with E-state index in [-0.39, 0.29) is 17.7 Å². The van der Waals surface area contributed by atoms with Crippen LogP contribution in [0.4, 0.5) is 0 Å². The van der Waals surface area contributed by atoms with Gasteiger partial charge in [0.15, 0.2) is 0 Å². The second kappa shape index (κ2) is 12.3. The molecule has 1 N–H and O–H groups in total. The highest BCUT2D eigenvalue weighted by molar-refractivity contribution is 7.88. The van der Waals surface area contributed by atoms with E-state index in [0.717, 1.165) is 28.2 Å². The number of allylic oxidation sites excluding steroid dienone is 3. The van der Waals surface area contributed by atoms with Gasteiger partial charge in [-0.1, -0.05) is 42.5 Å². The zero-order valence-electron chi connectivity index (χ0n) is 24.9. The molecule has 5 rings (SSSR count). The van der Waals surface area contributed by atoms with Crippen LogP contribution in [0.3, 0.4) is 0 Å². The Morgan fingerprint density at radius 1 is 1.02 bits per heavy atom. The number of unbranched alkanes of at least 4 members (excludes halogenated alkanes) is 1. The molecule has 3 heterocycles. The minimum atomic E-state index is -3.39. The number of likely N-dealkylation sites (tertiary alicyclic amines) is 1. The first kappa shape index (κ1) is 30.4. The van der Waals surface area contributed by atoms with Gasteiger partial charge in [0.25, 0.3) is 5.91 Å². The number of hydrogen-bond donors (Lipinski definition) is 1. The van der Waals surface area contributed by atoms with E-state index in [2.05, 4.69) is 0 Å². The van der Waals surface area contributed by atoms with Crippen LogP contribution in [-0.2, 0) is 21.2 Å². The molecule has 1 aromatic heterocycles. The van der Waals surface area contributed by atoms with Crippen LogP contribution in [0, 0.1) is 5.41 Å². The van der Waals surface area contributed by atoms with E-state index in [9.17, 15) is 18.0 Å². The van der Waals surface area contributed by atoms with E-state index < -0.39 is 16.0 Å². The minimum absolute atomic E-state index is 0.0834. The molecule has 0 bridgehead atoms. The number of sulfonamides is 1. The molecule has 0 atom stereocenters. The molecule has 1 fully saturated rings. The monoisotopic (exact) mass is 602 g/mol. The maximum atomic E-state index is 13.7. The summed E-state index contributed by atoms with van der Waals surface area (Å²) in [6.07, 6.45) is 8.46. The molecule has 0 saturated carbocycles. The number of aryl methyl sites for hydroxylation is 1. The molecule has 1 spiro atoms. The lowest BCUT2D eigenvalue weighted by molar-refractivity contribution is -0.137. The van der Waals surface area contributed by atoms with Crippen LogP contribution in [0.25, 0.3) is 22.3 Å². The summed E-state index contributed by atoms with van der Waals surface area (Å²) in [5.41, 5.74) is 5.83. The molecule has 3 aromatic rings. The van der Waals surface area contributed by atoms with Gasteiger partial charge in [-0.2, -0.15) is 0 Å². The maximum absolute atomic E-state index is 13.7. The number of benzene rings is 2. The number of fused-ring (bicyclic) bond motifs is 1. The highest BCUT2D eigenvalue weighted by atomic mass is 32.2. The number of carboxylic acid groups (broad SMARTS) is 1. The van der Waals surface area contributed by atoms with E-state index >= 15 is 0 Å². The Hall–Kier alpha value is -4.05. The van der Waals surface area contributed by atoms with E-state index in [4.69, 9.17) is 15.1 Å². The third-order valence-electron chi connectivity index (χ3n) is 8.61. The zero-order chi connectivity index (χ0) is 30.8. The Balaban J connectivity index is 1.38. The van der Waals surface area contributed by atoms with E-state index in [1.165, 1.54) is 10.6 Å². The first-order valence-electron chi connectivity index (χ1n) is 14.7. The van der Waals surface area contributed by atoms with Crippen molar-refractivity contribution in [3.63, 3.8) is 0 Å². The van der Waals surface area contributed by atoms with Crippen molar-refractivity contribution in [3.8, 4) is 11.3 Å². The number of carbonyl (C=O) groups excluding carboxylic acids is 1. The Bertz CT molecular complexity index is 1710. The van der Waals surface area contributed by atoms with Gasteiger partial charge in [-0.25, -0.2) is 18.4 Å². The van der Waals surface area contributed by atoms with Crippen LogP contribution >= 0.6 is 0 Å². The van der Waals surface area contributed by atoms with Gasteiger partial charge in [0, 0.05) is 48.3 Å². The Morgan fingerprint density at radius 3 is 2.40 bits per heavy atom. The maximum Gasteiger partial charge on any atom is 0.303 e. The molecule has 1 amide bonds. The average molecular weight is 603 g/mol. The summed E-state index contributed by atoms with van der Waals surface area (Å²) in [5.74, 6) is -0.899. The summed E-state index contributed by atoms with van der Waals surface area (Å²) in [6.45, 7) is 5.25. The second-order valence-corrected chi connectivity index (χ2v) is 13.4. The minimum Gasteiger partial charge on any atom is -0.481 e. The summed E-state index contributed by atoms with van der Waals surface area (Å²) >= 11 is 0. The Kier molecular flexibility index (Phi) is 8.69. The van der Waals surface area contributed by atoms with Crippen LogP contribution in [-0.4, -0.2) is 70.5 Å². The smallest absolute Gasteiger partial charge is 0.303 e. The molecule has 226 valence electrons. The lowest BCUT2D eigenvalue weighted by Crippen LogP contribution is -2.46. The molecular weight excluding hydrogens is 564 g/mol. The molecule has 10 heteroatoms. The number of carbonyl (C=O) groups is 2. The van der Waals surface area contributed by atoms with Crippen molar-refractivity contribution >= 4 is 32.9 Å². The molecule has 0 aliphatic carbocycles. The lowest BCUT2D eigenvalue weighted by Gasteiger charge is -2.40. The van der Waals surface area contributed by atoms with Crippen molar-refractivity contribution < 1.29 is 23.1 Å². The fourth-order valence-corrected chi connectivity index (χ4v) is 7.45. The van der Waals surface area contributed by atoms with Crippen LogP contribution in [0.15, 0.2) is 72.0 Å². The van der Waals surface area contributed by atoms with E-state index in [1.807, 2.05) is 67.3 Å². The van der Waals surface area contributed by atoms with E-state index in [1.54, 1.807) is 12.1 Å². The van der Waals surface area contributed by atoms with Gasteiger partial charge in [0.2, 0.25) is 10.0 Å². The highest BCUT2D eigenvalue weighted by Gasteiger charge is 2.47. The molecule has 0 unspecified atom stereocenters. The van der Waals surface area contributed by atoms with Crippen LogP contribution < -0.4 is 0 Å². The van der Waals surface area contributed by atoms with Crippen molar-refractivity contribution in [1.82, 2.24) is 19.2 Å². The Morgan fingerprint density at radius 2 is 1.74 bits per heavy atom. The molecule has 2 aliphatic rings. The summed E-state index contributed by atoms with van der Waals surface area (Å²) < 4.78 is 26.5. The number of nitrogens with zero attached hydrogens (tertiary/aromatic N) is 4. The molecule has 1 saturated heterocycles. The lowest BCUT2D eigenvalue weighted by atomic mass is 9.73. The fraction of sp³-hybridized carbons (Fsp3) is 0.394. The van der Waals surface area contributed by atoms with Gasteiger partial charge < -0.3 is 10.0 Å². The van der Waals surface area contributed by atoms with Crippen molar-refractivity contribution in [1.29, 1.82) is 0 Å². The zero-order valence-corrected chi connectivity index (χ0v) is 25.7. The van der Waals surface area contributed by atoms with Gasteiger partial charge >= 0.3 is 5.97 Å². The topological polar surface area (TPSA) is 121 Å². The standard InChI is InChI=1S/C33H38N4O5S/c1-4-10-26-23(2)37(43(3,41)42)22-33(26)17-19-36(20-18-33)32(40)25-15-16-27-29(21-25)34-28(13-8-9-14-30(38)39)31(35-27)24-11-6-5-7-12-24/h4-7,10-12,15-16,21H,8-9,13-14,17-20,22H2,1-3H3,(H,38,39)/b10-4-. The van der Waals surface area contributed by atoms with Gasteiger partial charge in [0.05, 0.1) is 28.7 Å². The predicted molar refractivity (Wildman–Crippen MR) is 167 cm³/mol. The Labute approximate surface area is 253 Å². The molecule has 43 heavy (non-hydrogen) atoms. The molecular formula is C33H38N4O5S. The summed E-state index contributed by atoms with van der Waals surface area (Å²) in [4.78, 5) is 36.4. The van der Waals surface area contributed by atoms with Gasteiger partial charge in [-0.15, -0.1) is 0 Å². The number of hydrogen-bond acceptors (Lipinski definition) is 6. The van der Waals surface area contributed by atoms with Crippen LogP contribution in [0.2, 0.25) is 0 Å². The van der Waals surface area contributed by atoms with Gasteiger partial charge in [0.1, 0.15) is 0 Å². The number of aromatic nitrogens is 2. The number of rotatable bonds is 9. The molecule has 2 aromatic carbocycles. The third kappa shape index (κ3) is 6.34. The van der Waals surface area contributed by atoms with Crippen LogP contribution in [0.1, 0.15) is 62.0 Å². The summed E-state index contributed by atoms with van der Waals surface area (Å²) in [5, 5.41) is 9.03. The second-order valence-electron chi connectivity index (χ2n) is 11.5. The molecule has 2 aliphatic heterocycles. The third-order valence-corrected chi connectivity index (χ3v) is 9.81. The largest absolute Gasteiger partial charge is 0.481 e. The highest BCUT2D eigenvalue weighted by Crippen LogP contribution is 2.48. The molecule has 0 radical (unpaired) electrons. The first-order chi connectivity index (χ1) is 20.5. The number of amides is 1. The normalized spacial score (nSPS) is 17.0. The number of piperidine rings is 1. The average Bonchev–Trinajstić information content (AvgIpc) is 3.26. The van der Waals surface area contributed by atoms with Gasteiger partial charge in [-0.3, -0.25) is 13.9 Å². The number of carboxylic acids is 1. The fourth-order valence-electron chi connectivity index (χ4n) is 6.37. The molecule has 9 nitrogen and oxygen atoms in total. The SMILES string of the molecule is C/C=C\C1=C(C)N(S(C)(=O)=O)CC12CCN(C(=O)c1ccc3nc(-c4ccccc4)c(CCCCC(=O)O)nc3c1)CC2. The van der Waals surface area contributed by atoms with Gasteiger partial charge in [-0.05, 0) is 69.7 Å².